The molecule has 0 fully saturated rings. The van der Waals surface area contributed by atoms with Gasteiger partial charge in [0.15, 0.2) is 5.78 Å². The molecule has 0 aliphatic carbocycles. The van der Waals surface area contributed by atoms with Crippen molar-refractivity contribution in [3.8, 4) is 0 Å². The molecular weight excluding hydrogens is 350 g/mol. The highest BCUT2D eigenvalue weighted by Gasteiger charge is 2.12. The number of nitrogens with zero attached hydrogens (tertiary/aromatic N) is 1. The molecule has 2 nitrogen and oxygen atoms in total. The van der Waals surface area contributed by atoms with Gasteiger partial charge in [-0.05, 0) is 42.8 Å². The van der Waals surface area contributed by atoms with E-state index in [0.29, 0.717) is 6.54 Å². The normalized spacial score (nSPS) is 11.0. The molecule has 0 spiro atoms. The fraction of sp³-hybridized carbons (Fsp3) is 0.118. The van der Waals surface area contributed by atoms with Crippen molar-refractivity contribution in [1.82, 2.24) is 4.57 Å². The van der Waals surface area contributed by atoms with Gasteiger partial charge < -0.3 is 4.57 Å². The van der Waals surface area contributed by atoms with Crippen LogP contribution in [0.4, 0.5) is 0 Å². The van der Waals surface area contributed by atoms with Crippen LogP contribution in [0.5, 0.6) is 0 Å². The fourth-order valence-electron chi connectivity index (χ4n) is 2.47. The summed E-state index contributed by atoms with van der Waals surface area (Å²) in [6.45, 7) is 2.31. The van der Waals surface area contributed by atoms with Gasteiger partial charge >= 0.3 is 0 Å². The van der Waals surface area contributed by atoms with Gasteiger partial charge in [-0.3, -0.25) is 4.79 Å². The van der Waals surface area contributed by atoms with E-state index in [4.69, 9.17) is 11.6 Å². The second kappa shape index (κ2) is 5.66. The molecule has 0 radical (unpaired) electrons. The molecule has 0 aliphatic rings. The van der Waals surface area contributed by atoms with Gasteiger partial charge in [0.25, 0.3) is 0 Å². The summed E-state index contributed by atoms with van der Waals surface area (Å²) in [5, 5.41) is 1.70. The Hall–Kier alpha value is -1.58. The van der Waals surface area contributed by atoms with Crippen molar-refractivity contribution < 1.29 is 4.79 Å². The fourth-order valence-corrected chi connectivity index (χ4v) is 2.95. The number of aromatic nitrogens is 1. The summed E-state index contributed by atoms with van der Waals surface area (Å²) in [4.78, 5) is 11.8. The third-order valence-electron chi connectivity index (χ3n) is 3.49. The maximum absolute atomic E-state index is 11.8. The molecule has 21 heavy (non-hydrogen) atoms. The Morgan fingerprint density at radius 3 is 2.57 bits per heavy atom. The van der Waals surface area contributed by atoms with Crippen LogP contribution in [0.1, 0.15) is 22.8 Å². The van der Waals surface area contributed by atoms with Gasteiger partial charge in [0.2, 0.25) is 0 Å². The van der Waals surface area contributed by atoms with E-state index in [-0.39, 0.29) is 5.78 Å². The SMILES string of the molecule is CC(=O)c1cn(Cc2ccc(Cl)cc2)c2ccc(Br)cc12. The van der Waals surface area contributed by atoms with E-state index in [9.17, 15) is 4.79 Å². The van der Waals surface area contributed by atoms with Crippen LogP contribution < -0.4 is 0 Å². The number of fused-ring (bicyclic) bond motifs is 1. The van der Waals surface area contributed by atoms with Crippen LogP contribution >= 0.6 is 27.5 Å². The van der Waals surface area contributed by atoms with E-state index in [1.807, 2.05) is 48.7 Å². The first-order valence-electron chi connectivity index (χ1n) is 6.58. The first-order valence-corrected chi connectivity index (χ1v) is 7.75. The minimum absolute atomic E-state index is 0.0768. The summed E-state index contributed by atoms with van der Waals surface area (Å²) >= 11 is 9.38. The van der Waals surface area contributed by atoms with Gasteiger partial charge in [-0.25, -0.2) is 0 Å². The summed E-state index contributed by atoms with van der Waals surface area (Å²) < 4.78 is 3.07. The topological polar surface area (TPSA) is 22.0 Å². The van der Waals surface area contributed by atoms with E-state index in [1.165, 1.54) is 0 Å². The zero-order valence-corrected chi connectivity index (χ0v) is 13.8. The average molecular weight is 363 g/mol. The summed E-state index contributed by atoms with van der Waals surface area (Å²) in [5.41, 5.74) is 2.95. The number of carbonyl (C=O) groups excluding carboxylic acids is 1. The molecule has 0 amide bonds. The van der Waals surface area contributed by atoms with Crippen LogP contribution in [-0.4, -0.2) is 10.4 Å². The number of rotatable bonds is 3. The zero-order chi connectivity index (χ0) is 15.0. The van der Waals surface area contributed by atoms with E-state index in [1.54, 1.807) is 6.92 Å². The quantitative estimate of drug-likeness (QED) is 0.579. The predicted molar refractivity (Wildman–Crippen MR) is 90.2 cm³/mol. The van der Waals surface area contributed by atoms with Crippen LogP contribution in [0.2, 0.25) is 5.02 Å². The van der Waals surface area contributed by atoms with Crippen molar-refractivity contribution in [1.29, 1.82) is 0 Å². The standard InChI is InChI=1S/C17H13BrClNO/c1-11(21)16-10-20(9-12-2-5-14(19)6-3-12)17-7-4-13(18)8-15(16)17/h2-8,10H,9H2,1H3. The van der Waals surface area contributed by atoms with E-state index in [0.717, 1.165) is 31.5 Å². The smallest absolute Gasteiger partial charge is 0.161 e. The molecular formula is C17H13BrClNO. The van der Waals surface area contributed by atoms with Crippen molar-refractivity contribution in [3.05, 3.63) is 69.3 Å². The number of hydrogen-bond donors (Lipinski definition) is 0. The number of Topliss-reactive ketones (excluding diaryl/α,β-unsaturated/α-hetero) is 1. The number of ketones is 1. The minimum atomic E-state index is 0.0768. The lowest BCUT2D eigenvalue weighted by Crippen LogP contribution is -1.98. The predicted octanol–water partition coefficient (Wildman–Crippen LogP) is 5.31. The van der Waals surface area contributed by atoms with Gasteiger partial charge in [-0.2, -0.15) is 0 Å². The van der Waals surface area contributed by atoms with Gasteiger partial charge in [-0.15, -0.1) is 0 Å². The Morgan fingerprint density at radius 2 is 1.90 bits per heavy atom. The molecule has 0 N–H and O–H groups in total. The van der Waals surface area contributed by atoms with Crippen LogP contribution in [0, 0.1) is 0 Å². The Balaban J connectivity index is 2.10. The molecule has 0 atom stereocenters. The van der Waals surface area contributed by atoms with Crippen LogP contribution in [0.25, 0.3) is 10.9 Å². The molecule has 1 aromatic heterocycles. The Kier molecular flexibility index (Phi) is 3.87. The molecule has 0 aliphatic heterocycles. The molecule has 4 heteroatoms. The summed E-state index contributed by atoms with van der Waals surface area (Å²) in [6.07, 6.45) is 1.92. The largest absolute Gasteiger partial charge is 0.342 e. The zero-order valence-electron chi connectivity index (χ0n) is 11.4. The van der Waals surface area contributed by atoms with Crippen LogP contribution in [-0.2, 0) is 6.54 Å². The van der Waals surface area contributed by atoms with Crippen molar-refractivity contribution in [3.63, 3.8) is 0 Å². The molecule has 2 aromatic carbocycles. The minimum Gasteiger partial charge on any atom is -0.342 e. The lowest BCUT2D eigenvalue weighted by molar-refractivity contribution is 0.101. The third kappa shape index (κ3) is 2.89. The highest BCUT2D eigenvalue weighted by Crippen LogP contribution is 2.26. The Morgan fingerprint density at radius 1 is 1.19 bits per heavy atom. The van der Waals surface area contributed by atoms with Crippen molar-refractivity contribution in [2.45, 2.75) is 13.5 Å². The molecule has 0 saturated heterocycles. The first kappa shape index (κ1) is 14.4. The summed E-state index contributed by atoms with van der Waals surface area (Å²) in [5.74, 6) is 0.0768. The average Bonchev–Trinajstić information content (AvgIpc) is 2.79. The molecule has 3 aromatic rings. The van der Waals surface area contributed by atoms with Crippen LogP contribution in [0.3, 0.4) is 0 Å². The second-order valence-electron chi connectivity index (χ2n) is 5.01. The molecule has 1 heterocycles. The number of hydrogen-bond acceptors (Lipinski definition) is 1. The van der Waals surface area contributed by atoms with E-state index in [2.05, 4.69) is 20.5 Å². The lowest BCUT2D eigenvalue weighted by atomic mass is 10.1. The van der Waals surface area contributed by atoms with Gasteiger partial charge in [0.05, 0.1) is 0 Å². The third-order valence-corrected chi connectivity index (χ3v) is 4.23. The summed E-state index contributed by atoms with van der Waals surface area (Å²) in [6, 6.07) is 13.8. The molecule has 0 bridgehead atoms. The molecule has 106 valence electrons. The summed E-state index contributed by atoms with van der Waals surface area (Å²) in [7, 11) is 0. The highest BCUT2D eigenvalue weighted by molar-refractivity contribution is 9.10. The number of carbonyl (C=O) groups is 1. The molecule has 3 rings (SSSR count). The van der Waals surface area contributed by atoms with Gasteiger partial charge in [-0.1, -0.05) is 39.7 Å². The maximum atomic E-state index is 11.8. The second-order valence-corrected chi connectivity index (χ2v) is 6.37. The van der Waals surface area contributed by atoms with E-state index >= 15 is 0 Å². The first-order chi connectivity index (χ1) is 10.0. The molecule has 0 saturated carbocycles. The molecule has 0 unspecified atom stereocenters. The maximum Gasteiger partial charge on any atom is 0.161 e. The Labute approximate surface area is 136 Å². The van der Waals surface area contributed by atoms with Crippen molar-refractivity contribution in [2.75, 3.05) is 0 Å². The highest BCUT2D eigenvalue weighted by atomic mass is 79.9. The van der Waals surface area contributed by atoms with E-state index < -0.39 is 0 Å². The van der Waals surface area contributed by atoms with Crippen LogP contribution in [0.15, 0.2) is 53.1 Å². The number of benzene rings is 2. The van der Waals surface area contributed by atoms with Gasteiger partial charge in [0, 0.05) is 38.7 Å². The van der Waals surface area contributed by atoms with Gasteiger partial charge in [0.1, 0.15) is 0 Å². The lowest BCUT2D eigenvalue weighted by Gasteiger charge is -2.06. The van der Waals surface area contributed by atoms with Crippen molar-refractivity contribution in [2.24, 2.45) is 0 Å². The number of halogens is 2. The van der Waals surface area contributed by atoms with Crippen molar-refractivity contribution >= 4 is 44.2 Å². The monoisotopic (exact) mass is 361 g/mol. The Bertz CT molecular complexity index is 821.